The van der Waals surface area contributed by atoms with Crippen molar-refractivity contribution < 1.29 is 4.39 Å². The molecule has 0 radical (unpaired) electrons. The molecule has 19 heavy (non-hydrogen) atoms. The van der Waals surface area contributed by atoms with Gasteiger partial charge in [0.1, 0.15) is 11.0 Å². The lowest BCUT2D eigenvalue weighted by molar-refractivity contribution is 0.555. The van der Waals surface area contributed by atoms with Gasteiger partial charge in [0, 0.05) is 11.8 Å². The lowest BCUT2D eigenvalue weighted by atomic mass is 9.94. The van der Waals surface area contributed by atoms with Crippen LogP contribution < -0.4 is 11.3 Å². The van der Waals surface area contributed by atoms with E-state index >= 15 is 0 Å². The minimum absolute atomic E-state index is 0.282. The van der Waals surface area contributed by atoms with Crippen molar-refractivity contribution in [3.8, 4) is 0 Å². The molecule has 0 aliphatic heterocycles. The molecule has 1 atom stereocenters. The Labute approximate surface area is 116 Å². The van der Waals surface area contributed by atoms with Crippen LogP contribution in [0.15, 0.2) is 30.5 Å². The molecular formula is C14H15ClFN3. The maximum Gasteiger partial charge on any atom is 0.129 e. The Morgan fingerprint density at radius 2 is 2.05 bits per heavy atom. The maximum absolute atomic E-state index is 14.2. The van der Waals surface area contributed by atoms with Crippen molar-refractivity contribution >= 4 is 11.6 Å². The van der Waals surface area contributed by atoms with Gasteiger partial charge >= 0.3 is 0 Å². The fraction of sp³-hybridized carbons (Fsp3) is 0.214. The molecule has 0 aliphatic carbocycles. The van der Waals surface area contributed by atoms with E-state index in [2.05, 4.69) is 10.4 Å². The van der Waals surface area contributed by atoms with Gasteiger partial charge in [-0.05, 0) is 42.7 Å². The largest absolute Gasteiger partial charge is 0.271 e. The van der Waals surface area contributed by atoms with Crippen molar-refractivity contribution in [1.29, 1.82) is 0 Å². The molecule has 100 valence electrons. The number of benzene rings is 1. The molecule has 1 unspecified atom stereocenters. The second kappa shape index (κ2) is 5.65. The van der Waals surface area contributed by atoms with E-state index in [1.165, 1.54) is 6.07 Å². The van der Waals surface area contributed by atoms with Gasteiger partial charge in [-0.15, -0.1) is 0 Å². The SMILES string of the molecule is Cc1cc(C)c(C(NN)c2ccc(Cl)nc2)c(F)c1. The monoisotopic (exact) mass is 279 g/mol. The van der Waals surface area contributed by atoms with Crippen LogP contribution in [0.25, 0.3) is 0 Å². The highest BCUT2D eigenvalue weighted by molar-refractivity contribution is 6.29. The smallest absolute Gasteiger partial charge is 0.129 e. The van der Waals surface area contributed by atoms with Gasteiger partial charge in [-0.2, -0.15) is 0 Å². The van der Waals surface area contributed by atoms with Gasteiger partial charge in [0.15, 0.2) is 0 Å². The van der Waals surface area contributed by atoms with Gasteiger partial charge in [-0.25, -0.2) is 14.8 Å². The number of aryl methyl sites for hydroxylation is 2. The summed E-state index contributed by atoms with van der Waals surface area (Å²) < 4.78 is 14.2. The van der Waals surface area contributed by atoms with E-state index in [4.69, 9.17) is 17.4 Å². The highest BCUT2D eigenvalue weighted by atomic mass is 35.5. The molecule has 0 fully saturated rings. The topological polar surface area (TPSA) is 50.9 Å². The van der Waals surface area contributed by atoms with Crippen LogP contribution in [-0.2, 0) is 0 Å². The van der Waals surface area contributed by atoms with E-state index in [1.54, 1.807) is 18.3 Å². The number of aromatic nitrogens is 1. The fourth-order valence-electron chi connectivity index (χ4n) is 2.20. The molecule has 0 aliphatic rings. The third-order valence-electron chi connectivity index (χ3n) is 3.02. The van der Waals surface area contributed by atoms with Crippen LogP contribution in [-0.4, -0.2) is 4.98 Å². The van der Waals surface area contributed by atoms with Crippen LogP contribution in [0.1, 0.15) is 28.3 Å². The predicted molar refractivity (Wildman–Crippen MR) is 74.3 cm³/mol. The van der Waals surface area contributed by atoms with Gasteiger partial charge in [0.05, 0.1) is 6.04 Å². The van der Waals surface area contributed by atoms with Crippen molar-refractivity contribution in [1.82, 2.24) is 10.4 Å². The average molecular weight is 280 g/mol. The predicted octanol–water partition coefficient (Wildman–Crippen LogP) is 3.04. The number of pyridine rings is 1. The fourth-order valence-corrected chi connectivity index (χ4v) is 2.31. The molecule has 2 aromatic rings. The van der Waals surface area contributed by atoms with Gasteiger partial charge < -0.3 is 0 Å². The van der Waals surface area contributed by atoms with Crippen LogP contribution in [0.5, 0.6) is 0 Å². The number of hydrogen-bond acceptors (Lipinski definition) is 3. The third kappa shape index (κ3) is 2.92. The molecule has 1 aromatic heterocycles. The average Bonchev–Trinajstić information content (AvgIpc) is 2.35. The van der Waals surface area contributed by atoms with E-state index in [1.807, 2.05) is 19.9 Å². The molecule has 2 rings (SSSR count). The van der Waals surface area contributed by atoms with Crippen molar-refractivity contribution in [2.45, 2.75) is 19.9 Å². The molecule has 0 bridgehead atoms. The van der Waals surface area contributed by atoms with E-state index < -0.39 is 6.04 Å². The zero-order chi connectivity index (χ0) is 14.0. The first kappa shape index (κ1) is 13.9. The first-order valence-electron chi connectivity index (χ1n) is 5.87. The summed E-state index contributed by atoms with van der Waals surface area (Å²) in [5.74, 6) is 5.29. The van der Waals surface area contributed by atoms with Gasteiger partial charge in [0.25, 0.3) is 0 Å². The van der Waals surface area contributed by atoms with Crippen LogP contribution in [0, 0.1) is 19.7 Å². The van der Waals surface area contributed by atoms with Crippen LogP contribution in [0.4, 0.5) is 4.39 Å². The van der Waals surface area contributed by atoms with E-state index in [-0.39, 0.29) is 5.82 Å². The Morgan fingerprint density at radius 3 is 2.58 bits per heavy atom. The minimum atomic E-state index is -0.453. The number of nitrogens with zero attached hydrogens (tertiary/aromatic N) is 1. The zero-order valence-corrected chi connectivity index (χ0v) is 11.5. The number of halogens is 2. The summed E-state index contributed by atoms with van der Waals surface area (Å²) in [6.45, 7) is 3.72. The Morgan fingerprint density at radius 1 is 1.32 bits per heavy atom. The molecule has 1 heterocycles. The number of nitrogens with two attached hydrogens (primary N) is 1. The standard InChI is InChI=1S/C14H15ClFN3/c1-8-5-9(2)13(11(16)6-8)14(19-17)10-3-4-12(15)18-7-10/h3-7,14,19H,17H2,1-2H3. The van der Waals surface area contributed by atoms with Gasteiger partial charge in [-0.3, -0.25) is 5.84 Å². The molecule has 3 nitrogen and oxygen atoms in total. The number of hydrazine groups is 1. The second-order valence-electron chi connectivity index (χ2n) is 4.49. The highest BCUT2D eigenvalue weighted by Gasteiger charge is 2.19. The summed E-state index contributed by atoms with van der Waals surface area (Å²) in [6.07, 6.45) is 1.59. The summed E-state index contributed by atoms with van der Waals surface area (Å²) in [5.41, 5.74) is 5.64. The maximum atomic E-state index is 14.2. The van der Waals surface area contributed by atoms with E-state index in [0.29, 0.717) is 10.7 Å². The Hall–Kier alpha value is -1.49. The number of nitrogens with one attached hydrogen (secondary N) is 1. The molecule has 1 aromatic carbocycles. The lowest BCUT2D eigenvalue weighted by Crippen LogP contribution is -2.30. The zero-order valence-electron chi connectivity index (χ0n) is 10.7. The van der Waals surface area contributed by atoms with Crippen molar-refractivity contribution in [2.24, 2.45) is 5.84 Å². The van der Waals surface area contributed by atoms with Crippen molar-refractivity contribution in [3.63, 3.8) is 0 Å². The van der Waals surface area contributed by atoms with Crippen LogP contribution in [0.3, 0.4) is 0 Å². The molecule has 5 heteroatoms. The van der Waals surface area contributed by atoms with Crippen molar-refractivity contribution in [2.75, 3.05) is 0 Å². The van der Waals surface area contributed by atoms with Crippen LogP contribution in [0.2, 0.25) is 5.15 Å². The summed E-state index contributed by atoms with van der Waals surface area (Å²) in [6, 6.07) is 6.40. The van der Waals surface area contributed by atoms with E-state index in [9.17, 15) is 4.39 Å². The first-order chi connectivity index (χ1) is 9.02. The normalized spacial score (nSPS) is 12.5. The van der Waals surface area contributed by atoms with Crippen LogP contribution >= 0.6 is 11.6 Å². The van der Waals surface area contributed by atoms with E-state index in [0.717, 1.165) is 16.7 Å². The summed E-state index contributed by atoms with van der Waals surface area (Å²) in [5, 5.41) is 0.389. The molecular weight excluding hydrogens is 265 g/mol. The molecule has 3 N–H and O–H groups in total. The molecule has 0 saturated carbocycles. The molecule has 0 saturated heterocycles. The Kier molecular flexibility index (Phi) is 4.14. The van der Waals surface area contributed by atoms with Gasteiger partial charge in [0.2, 0.25) is 0 Å². The summed E-state index contributed by atoms with van der Waals surface area (Å²) in [7, 11) is 0. The highest BCUT2D eigenvalue weighted by Crippen LogP contribution is 2.27. The third-order valence-corrected chi connectivity index (χ3v) is 3.24. The molecule has 0 amide bonds. The first-order valence-corrected chi connectivity index (χ1v) is 6.25. The summed E-state index contributed by atoms with van der Waals surface area (Å²) >= 11 is 5.75. The second-order valence-corrected chi connectivity index (χ2v) is 4.88. The molecule has 0 spiro atoms. The summed E-state index contributed by atoms with van der Waals surface area (Å²) in [4.78, 5) is 4.00. The minimum Gasteiger partial charge on any atom is -0.271 e. The van der Waals surface area contributed by atoms with Gasteiger partial charge in [-0.1, -0.05) is 23.7 Å². The number of hydrogen-bond donors (Lipinski definition) is 2. The Balaban J connectivity index is 2.51. The quantitative estimate of drug-likeness (QED) is 0.516. The Bertz CT molecular complexity index is 561. The lowest BCUT2D eigenvalue weighted by Gasteiger charge is -2.20. The number of rotatable bonds is 3. The van der Waals surface area contributed by atoms with Crippen molar-refractivity contribution in [3.05, 3.63) is 63.7 Å².